The van der Waals surface area contributed by atoms with Crippen LogP contribution < -0.4 is 15.9 Å². The highest BCUT2D eigenvalue weighted by molar-refractivity contribution is 7.07. The van der Waals surface area contributed by atoms with Crippen molar-refractivity contribution < 1.29 is 0 Å². The molecule has 0 amide bonds. The Balaban J connectivity index is 1.75. The van der Waals surface area contributed by atoms with E-state index in [0.29, 0.717) is 12.0 Å². The van der Waals surface area contributed by atoms with Gasteiger partial charge in [0.1, 0.15) is 0 Å². The summed E-state index contributed by atoms with van der Waals surface area (Å²) in [4.78, 5) is 13.8. The van der Waals surface area contributed by atoms with Gasteiger partial charge in [0.2, 0.25) is 0 Å². The van der Waals surface area contributed by atoms with Gasteiger partial charge in [0, 0.05) is 23.7 Å². The van der Waals surface area contributed by atoms with E-state index in [4.69, 9.17) is 5.73 Å². The van der Waals surface area contributed by atoms with Gasteiger partial charge in [-0.25, -0.2) is 0 Å². The lowest BCUT2D eigenvalue weighted by atomic mass is 9.95. The van der Waals surface area contributed by atoms with E-state index in [0.717, 1.165) is 25.2 Å². The number of nitrogens with one attached hydrogen (secondary N) is 2. The fraction of sp³-hybridized carbons (Fsp3) is 0.750. The monoisotopic (exact) mass is 255 g/mol. The quantitative estimate of drug-likeness (QED) is 0.713. The molecule has 2 atom stereocenters. The summed E-state index contributed by atoms with van der Waals surface area (Å²) in [6.45, 7) is 1.70. The lowest BCUT2D eigenvalue weighted by molar-refractivity contribution is 0.373. The third-order valence-corrected chi connectivity index (χ3v) is 4.23. The standard InChI is InChI=1S/C12H21N3OS/c13-11-5-3-1-2-4-9(11)6-14-7-10-8-17-12(16)15-10/h8-9,11,14H,1-7,13H2,(H,15,16). The second kappa shape index (κ2) is 6.33. The van der Waals surface area contributed by atoms with E-state index in [2.05, 4.69) is 10.3 Å². The number of thiazole rings is 1. The number of aromatic amines is 1. The van der Waals surface area contributed by atoms with Gasteiger partial charge in [-0.15, -0.1) is 0 Å². The van der Waals surface area contributed by atoms with Crippen molar-refractivity contribution in [2.45, 2.75) is 44.7 Å². The summed E-state index contributed by atoms with van der Waals surface area (Å²) in [5.41, 5.74) is 7.14. The van der Waals surface area contributed by atoms with Crippen molar-refractivity contribution in [2.75, 3.05) is 6.54 Å². The number of rotatable bonds is 4. The molecule has 1 aliphatic carbocycles. The molecule has 5 heteroatoms. The fourth-order valence-corrected chi connectivity index (χ4v) is 3.04. The number of H-pyrrole nitrogens is 1. The zero-order valence-corrected chi connectivity index (χ0v) is 10.9. The minimum atomic E-state index is 0.0213. The highest BCUT2D eigenvalue weighted by atomic mass is 32.1. The van der Waals surface area contributed by atoms with Gasteiger partial charge in [-0.05, 0) is 25.3 Å². The van der Waals surface area contributed by atoms with Crippen LogP contribution in [0, 0.1) is 5.92 Å². The average Bonchev–Trinajstić information content (AvgIpc) is 2.61. The van der Waals surface area contributed by atoms with Crippen molar-refractivity contribution in [1.82, 2.24) is 10.3 Å². The summed E-state index contributed by atoms with van der Waals surface area (Å²) in [5, 5.41) is 5.28. The molecule has 0 bridgehead atoms. The summed E-state index contributed by atoms with van der Waals surface area (Å²) < 4.78 is 0. The summed E-state index contributed by atoms with van der Waals surface area (Å²) in [7, 11) is 0. The summed E-state index contributed by atoms with van der Waals surface area (Å²) in [5.74, 6) is 0.586. The first-order valence-corrected chi connectivity index (χ1v) is 7.26. The van der Waals surface area contributed by atoms with E-state index in [1.54, 1.807) is 0 Å². The highest BCUT2D eigenvalue weighted by Crippen LogP contribution is 2.21. The molecule has 1 fully saturated rings. The zero-order chi connectivity index (χ0) is 12.1. The SMILES string of the molecule is NC1CCCCCC1CNCc1csc(=O)[nH]1. The van der Waals surface area contributed by atoms with Crippen LogP contribution in [0.2, 0.25) is 0 Å². The molecule has 1 aromatic heterocycles. The molecular formula is C12H21N3OS. The van der Waals surface area contributed by atoms with Crippen LogP contribution >= 0.6 is 11.3 Å². The molecule has 4 nitrogen and oxygen atoms in total. The van der Waals surface area contributed by atoms with Crippen LogP contribution in [0.4, 0.5) is 0 Å². The topological polar surface area (TPSA) is 70.9 Å². The van der Waals surface area contributed by atoms with Gasteiger partial charge < -0.3 is 16.0 Å². The average molecular weight is 255 g/mol. The van der Waals surface area contributed by atoms with Crippen molar-refractivity contribution >= 4 is 11.3 Å². The van der Waals surface area contributed by atoms with Gasteiger partial charge >= 0.3 is 4.87 Å². The Morgan fingerprint density at radius 3 is 3.00 bits per heavy atom. The van der Waals surface area contributed by atoms with Gasteiger partial charge in [-0.1, -0.05) is 30.6 Å². The van der Waals surface area contributed by atoms with Crippen molar-refractivity contribution in [2.24, 2.45) is 11.7 Å². The molecule has 0 spiro atoms. The minimum Gasteiger partial charge on any atom is -0.327 e. The van der Waals surface area contributed by atoms with E-state index < -0.39 is 0 Å². The first-order chi connectivity index (χ1) is 8.25. The zero-order valence-electron chi connectivity index (χ0n) is 10.1. The molecule has 1 saturated carbocycles. The van der Waals surface area contributed by atoms with Crippen molar-refractivity contribution in [3.05, 3.63) is 20.7 Å². The number of aromatic nitrogens is 1. The van der Waals surface area contributed by atoms with Crippen LogP contribution in [0.5, 0.6) is 0 Å². The van der Waals surface area contributed by atoms with E-state index >= 15 is 0 Å². The minimum absolute atomic E-state index is 0.0213. The van der Waals surface area contributed by atoms with Crippen LogP contribution in [-0.4, -0.2) is 17.6 Å². The van der Waals surface area contributed by atoms with Gasteiger partial charge in [-0.3, -0.25) is 4.79 Å². The van der Waals surface area contributed by atoms with Crippen molar-refractivity contribution in [1.29, 1.82) is 0 Å². The van der Waals surface area contributed by atoms with Crippen LogP contribution in [0.1, 0.15) is 37.8 Å². The maximum atomic E-state index is 11.0. The van der Waals surface area contributed by atoms with Gasteiger partial charge in [0.15, 0.2) is 0 Å². The fourth-order valence-electron chi connectivity index (χ4n) is 2.46. The Morgan fingerprint density at radius 2 is 2.24 bits per heavy atom. The Kier molecular flexibility index (Phi) is 4.76. The highest BCUT2D eigenvalue weighted by Gasteiger charge is 2.19. The van der Waals surface area contributed by atoms with Crippen LogP contribution in [0.15, 0.2) is 10.2 Å². The molecule has 2 unspecified atom stereocenters. The summed E-state index contributed by atoms with van der Waals surface area (Å²) in [6.07, 6.45) is 6.28. The first kappa shape index (κ1) is 12.8. The van der Waals surface area contributed by atoms with Crippen molar-refractivity contribution in [3.63, 3.8) is 0 Å². The number of hydrogen-bond acceptors (Lipinski definition) is 4. The molecule has 0 aromatic carbocycles. The molecule has 2 rings (SSSR count). The lowest BCUT2D eigenvalue weighted by Crippen LogP contribution is -2.36. The largest absolute Gasteiger partial charge is 0.327 e. The maximum absolute atomic E-state index is 11.0. The summed E-state index contributed by atoms with van der Waals surface area (Å²) in [6, 6.07) is 0.339. The molecule has 1 aromatic rings. The van der Waals surface area contributed by atoms with Gasteiger partial charge in [0.05, 0.1) is 0 Å². The van der Waals surface area contributed by atoms with E-state index in [-0.39, 0.29) is 4.87 Å². The Bertz CT molecular complexity index is 387. The Hall–Kier alpha value is -0.650. The Morgan fingerprint density at radius 1 is 1.41 bits per heavy atom. The Labute approximate surface area is 106 Å². The van der Waals surface area contributed by atoms with Gasteiger partial charge in [-0.2, -0.15) is 0 Å². The molecule has 4 N–H and O–H groups in total. The van der Waals surface area contributed by atoms with Crippen LogP contribution in [-0.2, 0) is 6.54 Å². The molecular weight excluding hydrogens is 234 g/mol. The molecule has 0 aliphatic heterocycles. The third-order valence-electron chi connectivity index (χ3n) is 3.51. The molecule has 17 heavy (non-hydrogen) atoms. The predicted molar refractivity (Wildman–Crippen MR) is 71.2 cm³/mol. The van der Waals surface area contributed by atoms with Crippen LogP contribution in [0.3, 0.4) is 0 Å². The van der Waals surface area contributed by atoms with E-state index in [9.17, 15) is 4.79 Å². The molecule has 96 valence electrons. The number of nitrogens with two attached hydrogens (primary N) is 1. The maximum Gasteiger partial charge on any atom is 0.304 e. The third kappa shape index (κ3) is 3.94. The summed E-state index contributed by atoms with van der Waals surface area (Å²) >= 11 is 1.22. The number of hydrogen-bond donors (Lipinski definition) is 3. The van der Waals surface area contributed by atoms with Crippen LogP contribution in [0.25, 0.3) is 0 Å². The molecule has 0 radical (unpaired) electrons. The predicted octanol–water partition coefficient (Wildman–Crippen LogP) is 1.43. The molecule has 1 heterocycles. The second-order valence-corrected chi connectivity index (χ2v) is 5.71. The second-order valence-electron chi connectivity index (χ2n) is 4.87. The van der Waals surface area contributed by atoms with Crippen molar-refractivity contribution in [3.8, 4) is 0 Å². The first-order valence-electron chi connectivity index (χ1n) is 6.38. The normalized spacial score (nSPS) is 25.7. The molecule has 0 saturated heterocycles. The van der Waals surface area contributed by atoms with E-state index in [1.807, 2.05) is 5.38 Å². The molecule has 1 aliphatic rings. The lowest BCUT2D eigenvalue weighted by Gasteiger charge is -2.21. The smallest absolute Gasteiger partial charge is 0.304 e. The van der Waals surface area contributed by atoms with E-state index in [1.165, 1.54) is 37.0 Å². The van der Waals surface area contributed by atoms with Gasteiger partial charge in [0.25, 0.3) is 0 Å².